The lowest BCUT2D eigenvalue weighted by atomic mass is 10.1. The molecule has 1 amide bonds. The molecule has 0 radical (unpaired) electrons. The molecule has 4 nitrogen and oxygen atoms in total. The highest BCUT2D eigenvalue weighted by molar-refractivity contribution is 9.10. The Hall–Kier alpha value is -2.01. The van der Waals surface area contributed by atoms with Gasteiger partial charge in [-0.15, -0.1) is 0 Å². The van der Waals surface area contributed by atoms with Gasteiger partial charge in [-0.05, 0) is 48.4 Å². The third-order valence-corrected chi connectivity index (χ3v) is 3.93. The molecule has 0 bridgehead atoms. The van der Waals surface area contributed by atoms with Crippen molar-refractivity contribution in [2.45, 2.75) is 13.3 Å². The fourth-order valence-electron chi connectivity index (χ4n) is 2.34. The Morgan fingerprint density at radius 1 is 1.14 bits per heavy atom. The van der Waals surface area contributed by atoms with E-state index in [1.165, 1.54) is 0 Å². The van der Waals surface area contributed by atoms with Crippen molar-refractivity contribution in [3.05, 3.63) is 52.0 Å². The van der Waals surface area contributed by atoms with Crippen LogP contribution in [-0.4, -0.2) is 19.1 Å². The minimum atomic E-state index is -0.0536. The number of nitrogens with one attached hydrogen (secondary N) is 1. The number of fused-ring (bicyclic) bond motifs is 1. The van der Waals surface area contributed by atoms with Gasteiger partial charge in [0.1, 0.15) is 13.2 Å². The molecule has 0 aliphatic carbocycles. The average Bonchev–Trinajstić information content (AvgIpc) is 2.50. The number of rotatable bonds is 3. The monoisotopic (exact) mass is 361 g/mol. The van der Waals surface area contributed by atoms with Crippen molar-refractivity contribution in [1.29, 1.82) is 0 Å². The second-order valence-electron chi connectivity index (χ2n) is 5.16. The zero-order valence-corrected chi connectivity index (χ0v) is 13.8. The van der Waals surface area contributed by atoms with Crippen LogP contribution < -0.4 is 14.8 Å². The standard InChI is InChI=1S/C17H16BrNO3/c1-11-8-13(18)3-4-14(11)19-17(20)10-12-2-5-15-16(9-12)22-7-6-21-15/h2-5,8-9H,6-7,10H2,1H3,(H,19,20). The summed E-state index contributed by atoms with van der Waals surface area (Å²) in [6.07, 6.45) is 0.298. The van der Waals surface area contributed by atoms with E-state index in [2.05, 4.69) is 21.2 Å². The summed E-state index contributed by atoms with van der Waals surface area (Å²) >= 11 is 3.41. The van der Waals surface area contributed by atoms with Gasteiger partial charge in [-0.1, -0.05) is 22.0 Å². The van der Waals surface area contributed by atoms with Crippen LogP contribution in [0.4, 0.5) is 5.69 Å². The molecule has 114 valence electrons. The first kappa shape index (κ1) is 14.9. The molecule has 2 aromatic rings. The molecule has 1 aliphatic heterocycles. The summed E-state index contributed by atoms with van der Waals surface area (Å²) in [5, 5.41) is 2.93. The van der Waals surface area contributed by atoms with Crippen LogP contribution in [0.25, 0.3) is 0 Å². The molecule has 0 aromatic heterocycles. The predicted molar refractivity (Wildman–Crippen MR) is 88.6 cm³/mol. The number of carbonyl (C=O) groups excluding carboxylic acids is 1. The van der Waals surface area contributed by atoms with Crippen LogP contribution in [0, 0.1) is 6.92 Å². The normalized spacial score (nSPS) is 12.8. The smallest absolute Gasteiger partial charge is 0.228 e. The van der Waals surface area contributed by atoms with Crippen LogP contribution in [0.15, 0.2) is 40.9 Å². The van der Waals surface area contributed by atoms with E-state index in [0.29, 0.717) is 25.4 Å². The predicted octanol–water partition coefficient (Wildman–Crippen LogP) is 3.71. The summed E-state index contributed by atoms with van der Waals surface area (Å²) in [5.41, 5.74) is 2.74. The largest absolute Gasteiger partial charge is 0.486 e. The lowest BCUT2D eigenvalue weighted by Gasteiger charge is -2.18. The highest BCUT2D eigenvalue weighted by Gasteiger charge is 2.13. The van der Waals surface area contributed by atoms with Gasteiger partial charge in [0.05, 0.1) is 6.42 Å². The molecule has 0 saturated carbocycles. The van der Waals surface area contributed by atoms with Crippen molar-refractivity contribution >= 4 is 27.5 Å². The van der Waals surface area contributed by atoms with Gasteiger partial charge < -0.3 is 14.8 Å². The minimum Gasteiger partial charge on any atom is -0.486 e. The number of hydrogen-bond acceptors (Lipinski definition) is 3. The van der Waals surface area contributed by atoms with Gasteiger partial charge in [-0.25, -0.2) is 0 Å². The molecule has 2 aromatic carbocycles. The zero-order chi connectivity index (χ0) is 15.5. The summed E-state index contributed by atoms with van der Waals surface area (Å²) in [5.74, 6) is 1.39. The fraction of sp³-hybridized carbons (Fsp3) is 0.235. The molecule has 3 rings (SSSR count). The lowest BCUT2D eigenvalue weighted by Crippen LogP contribution is -2.17. The molecule has 0 spiro atoms. The van der Waals surface area contributed by atoms with Crippen molar-refractivity contribution in [3.8, 4) is 11.5 Å². The van der Waals surface area contributed by atoms with Crippen molar-refractivity contribution < 1.29 is 14.3 Å². The van der Waals surface area contributed by atoms with Gasteiger partial charge in [-0.3, -0.25) is 4.79 Å². The number of carbonyl (C=O) groups is 1. The maximum Gasteiger partial charge on any atom is 0.228 e. The maximum atomic E-state index is 12.2. The van der Waals surface area contributed by atoms with E-state index in [1.54, 1.807) is 0 Å². The number of halogens is 1. The van der Waals surface area contributed by atoms with Gasteiger partial charge in [0.25, 0.3) is 0 Å². The Morgan fingerprint density at radius 2 is 1.91 bits per heavy atom. The molecule has 0 saturated heterocycles. The summed E-state index contributed by atoms with van der Waals surface area (Å²) in [6, 6.07) is 11.4. The van der Waals surface area contributed by atoms with E-state index in [-0.39, 0.29) is 5.91 Å². The van der Waals surface area contributed by atoms with Crippen LogP contribution in [0.3, 0.4) is 0 Å². The maximum absolute atomic E-state index is 12.2. The number of amides is 1. The number of anilines is 1. The van der Waals surface area contributed by atoms with E-state index in [1.807, 2.05) is 43.3 Å². The minimum absolute atomic E-state index is 0.0536. The molecule has 1 N–H and O–H groups in total. The van der Waals surface area contributed by atoms with Crippen molar-refractivity contribution in [2.24, 2.45) is 0 Å². The first-order valence-corrected chi connectivity index (χ1v) is 7.85. The van der Waals surface area contributed by atoms with E-state index in [9.17, 15) is 4.79 Å². The summed E-state index contributed by atoms with van der Waals surface area (Å²) < 4.78 is 12.0. The molecule has 1 aliphatic rings. The van der Waals surface area contributed by atoms with E-state index >= 15 is 0 Å². The Morgan fingerprint density at radius 3 is 2.68 bits per heavy atom. The first-order chi connectivity index (χ1) is 10.6. The number of benzene rings is 2. The van der Waals surface area contributed by atoms with Gasteiger partial charge in [-0.2, -0.15) is 0 Å². The van der Waals surface area contributed by atoms with E-state index in [4.69, 9.17) is 9.47 Å². The highest BCUT2D eigenvalue weighted by atomic mass is 79.9. The molecule has 0 atom stereocenters. The van der Waals surface area contributed by atoms with Crippen molar-refractivity contribution in [1.82, 2.24) is 0 Å². The lowest BCUT2D eigenvalue weighted by molar-refractivity contribution is -0.115. The molecule has 5 heteroatoms. The Balaban J connectivity index is 1.69. The molecular weight excluding hydrogens is 346 g/mol. The number of ether oxygens (including phenoxy) is 2. The molecule has 0 fully saturated rings. The Kier molecular flexibility index (Phi) is 4.34. The summed E-state index contributed by atoms with van der Waals surface area (Å²) in [4.78, 5) is 12.2. The Bertz CT molecular complexity index is 715. The first-order valence-electron chi connectivity index (χ1n) is 7.06. The highest BCUT2D eigenvalue weighted by Crippen LogP contribution is 2.31. The van der Waals surface area contributed by atoms with Crippen molar-refractivity contribution in [2.75, 3.05) is 18.5 Å². The quantitative estimate of drug-likeness (QED) is 0.906. The average molecular weight is 362 g/mol. The van der Waals surface area contributed by atoms with Gasteiger partial charge in [0.15, 0.2) is 11.5 Å². The van der Waals surface area contributed by atoms with E-state index < -0.39 is 0 Å². The third-order valence-electron chi connectivity index (χ3n) is 3.43. The molecular formula is C17H16BrNO3. The topological polar surface area (TPSA) is 47.6 Å². The Labute approximate surface area is 137 Å². The molecule has 1 heterocycles. The number of aryl methyl sites for hydroxylation is 1. The summed E-state index contributed by atoms with van der Waals surface area (Å²) in [6.45, 7) is 3.07. The van der Waals surface area contributed by atoms with Crippen LogP contribution in [0.5, 0.6) is 11.5 Å². The van der Waals surface area contributed by atoms with Crippen molar-refractivity contribution in [3.63, 3.8) is 0 Å². The van der Waals surface area contributed by atoms with Gasteiger partial charge >= 0.3 is 0 Å². The number of hydrogen-bond donors (Lipinski definition) is 1. The second-order valence-corrected chi connectivity index (χ2v) is 6.08. The van der Waals surface area contributed by atoms with Gasteiger partial charge in [0.2, 0.25) is 5.91 Å². The molecule has 22 heavy (non-hydrogen) atoms. The van der Waals surface area contributed by atoms with Crippen LogP contribution in [0.2, 0.25) is 0 Å². The van der Waals surface area contributed by atoms with Crippen LogP contribution in [0.1, 0.15) is 11.1 Å². The van der Waals surface area contributed by atoms with Gasteiger partial charge in [0, 0.05) is 10.2 Å². The fourth-order valence-corrected chi connectivity index (χ4v) is 2.82. The van der Waals surface area contributed by atoms with Crippen LogP contribution >= 0.6 is 15.9 Å². The zero-order valence-electron chi connectivity index (χ0n) is 12.2. The van der Waals surface area contributed by atoms with Crippen LogP contribution in [-0.2, 0) is 11.2 Å². The van der Waals surface area contributed by atoms with E-state index in [0.717, 1.165) is 27.0 Å². The second kappa shape index (κ2) is 6.40. The molecule has 0 unspecified atom stereocenters. The third kappa shape index (κ3) is 3.42. The SMILES string of the molecule is Cc1cc(Br)ccc1NC(=O)Cc1ccc2c(c1)OCCO2. The summed E-state index contributed by atoms with van der Waals surface area (Å²) in [7, 11) is 0.